The Hall–Kier alpha value is -1.73. The van der Waals surface area contributed by atoms with Gasteiger partial charge in [-0.15, -0.1) is 5.10 Å². The van der Waals surface area contributed by atoms with Crippen molar-refractivity contribution in [2.45, 2.75) is 6.04 Å². The molecule has 3 aromatic rings. The van der Waals surface area contributed by atoms with E-state index in [1.54, 1.807) is 4.68 Å². The van der Waals surface area contributed by atoms with E-state index in [0.717, 1.165) is 21.4 Å². The number of aromatic nitrogens is 5. The van der Waals surface area contributed by atoms with E-state index in [-0.39, 0.29) is 6.04 Å². The molecule has 3 aromatic heterocycles. The molecule has 1 atom stereocenters. The average molecular weight is 321 g/mol. The van der Waals surface area contributed by atoms with Crippen LogP contribution in [0.25, 0.3) is 5.52 Å². The van der Waals surface area contributed by atoms with Gasteiger partial charge >= 0.3 is 0 Å². The minimum Gasteiger partial charge on any atom is -0.308 e. The van der Waals surface area contributed by atoms with Crippen molar-refractivity contribution >= 4 is 21.4 Å². The van der Waals surface area contributed by atoms with Crippen LogP contribution >= 0.6 is 15.9 Å². The Bertz CT molecular complexity index is 696. The molecule has 98 valence electrons. The van der Waals surface area contributed by atoms with E-state index in [2.05, 4.69) is 36.7 Å². The highest BCUT2D eigenvalue weighted by molar-refractivity contribution is 9.10. The number of rotatable bonds is 3. The van der Waals surface area contributed by atoms with Crippen molar-refractivity contribution in [2.75, 3.05) is 7.05 Å². The van der Waals surface area contributed by atoms with Crippen LogP contribution in [-0.2, 0) is 7.05 Å². The molecular weight excluding hydrogens is 308 g/mol. The van der Waals surface area contributed by atoms with Crippen molar-refractivity contribution in [3.05, 3.63) is 46.5 Å². The maximum Gasteiger partial charge on any atom is 0.153 e. The van der Waals surface area contributed by atoms with E-state index in [9.17, 15) is 0 Å². The zero-order chi connectivity index (χ0) is 13.4. The van der Waals surface area contributed by atoms with E-state index < -0.39 is 0 Å². The van der Waals surface area contributed by atoms with Crippen LogP contribution in [-0.4, -0.2) is 31.7 Å². The van der Waals surface area contributed by atoms with Crippen LogP contribution in [0.1, 0.15) is 17.3 Å². The first kappa shape index (κ1) is 12.3. The van der Waals surface area contributed by atoms with Gasteiger partial charge in [0.1, 0.15) is 0 Å². The van der Waals surface area contributed by atoms with Crippen molar-refractivity contribution < 1.29 is 0 Å². The summed E-state index contributed by atoms with van der Waals surface area (Å²) in [5.41, 5.74) is 3.13. The third-order valence-electron chi connectivity index (χ3n) is 3.16. The van der Waals surface area contributed by atoms with Gasteiger partial charge in [0.25, 0.3) is 0 Å². The van der Waals surface area contributed by atoms with Crippen molar-refractivity contribution in [3.63, 3.8) is 0 Å². The summed E-state index contributed by atoms with van der Waals surface area (Å²) in [6.45, 7) is 0. The maximum atomic E-state index is 4.37. The van der Waals surface area contributed by atoms with Gasteiger partial charge in [-0.2, -0.15) is 5.10 Å². The summed E-state index contributed by atoms with van der Waals surface area (Å²) in [6.07, 6.45) is 3.80. The van der Waals surface area contributed by atoms with E-state index in [4.69, 9.17) is 0 Å². The van der Waals surface area contributed by atoms with Crippen LogP contribution in [0.3, 0.4) is 0 Å². The van der Waals surface area contributed by atoms with Crippen LogP contribution in [0.4, 0.5) is 0 Å². The number of pyridine rings is 1. The minimum absolute atomic E-state index is 0.0192. The number of hydrogen-bond donors (Lipinski definition) is 1. The van der Waals surface area contributed by atoms with Gasteiger partial charge in [-0.05, 0) is 35.1 Å². The van der Waals surface area contributed by atoms with Crippen LogP contribution in [0.15, 0.2) is 35.2 Å². The first-order valence-corrected chi connectivity index (χ1v) is 6.66. The Morgan fingerprint density at radius 2 is 2.21 bits per heavy atom. The van der Waals surface area contributed by atoms with Gasteiger partial charge in [0.2, 0.25) is 0 Å². The van der Waals surface area contributed by atoms with Gasteiger partial charge in [0, 0.05) is 18.8 Å². The molecule has 0 fully saturated rings. The lowest BCUT2D eigenvalue weighted by Gasteiger charge is -2.15. The summed E-state index contributed by atoms with van der Waals surface area (Å²) in [4.78, 5) is 0. The molecule has 0 amide bonds. The Labute approximate surface area is 118 Å². The number of aryl methyl sites for hydroxylation is 1. The van der Waals surface area contributed by atoms with Crippen molar-refractivity contribution in [1.82, 2.24) is 29.9 Å². The lowest BCUT2D eigenvalue weighted by atomic mass is 10.1. The Balaban J connectivity index is 2.18. The van der Waals surface area contributed by atoms with Gasteiger partial charge in [-0.3, -0.25) is 0 Å². The predicted molar refractivity (Wildman–Crippen MR) is 74.8 cm³/mol. The fourth-order valence-electron chi connectivity index (χ4n) is 2.26. The molecule has 3 rings (SSSR count). The molecule has 0 saturated heterocycles. The number of hydrogen-bond acceptors (Lipinski definition) is 4. The number of nitrogens with one attached hydrogen (secondary N) is 1. The lowest BCUT2D eigenvalue weighted by Crippen LogP contribution is -2.21. The van der Waals surface area contributed by atoms with Crippen LogP contribution < -0.4 is 5.32 Å². The van der Waals surface area contributed by atoms with Crippen LogP contribution in [0.2, 0.25) is 0 Å². The molecule has 0 aliphatic carbocycles. The maximum absolute atomic E-state index is 4.37. The molecule has 0 aliphatic rings. The molecule has 1 N–H and O–H groups in total. The third-order valence-corrected chi connectivity index (χ3v) is 3.72. The van der Waals surface area contributed by atoms with Crippen molar-refractivity contribution in [2.24, 2.45) is 7.05 Å². The zero-order valence-electron chi connectivity index (χ0n) is 10.6. The molecule has 1 unspecified atom stereocenters. The second-order valence-electron chi connectivity index (χ2n) is 4.24. The first-order chi connectivity index (χ1) is 9.22. The molecule has 0 bridgehead atoms. The lowest BCUT2D eigenvalue weighted by molar-refractivity contribution is 0.599. The molecule has 0 aromatic carbocycles. The smallest absolute Gasteiger partial charge is 0.153 e. The Kier molecular flexibility index (Phi) is 3.08. The molecular formula is C12H13BrN6. The molecule has 3 heterocycles. The van der Waals surface area contributed by atoms with E-state index in [1.807, 2.05) is 49.2 Å². The number of fused-ring (bicyclic) bond motifs is 1. The largest absolute Gasteiger partial charge is 0.308 e. The van der Waals surface area contributed by atoms with Crippen molar-refractivity contribution in [3.8, 4) is 0 Å². The minimum atomic E-state index is -0.0192. The van der Waals surface area contributed by atoms with E-state index >= 15 is 0 Å². The fraction of sp³-hybridized carbons (Fsp3) is 0.250. The molecule has 19 heavy (non-hydrogen) atoms. The topological polar surface area (TPSA) is 60.0 Å². The predicted octanol–water partition coefficient (Wildman–Crippen LogP) is 1.53. The van der Waals surface area contributed by atoms with Crippen LogP contribution in [0, 0.1) is 0 Å². The molecule has 0 spiro atoms. The molecule has 0 saturated carbocycles. The summed E-state index contributed by atoms with van der Waals surface area (Å²) >= 11 is 3.45. The van der Waals surface area contributed by atoms with Crippen molar-refractivity contribution in [1.29, 1.82) is 0 Å². The molecule has 0 aliphatic heterocycles. The number of halogens is 1. The summed E-state index contributed by atoms with van der Waals surface area (Å²) in [7, 11) is 3.79. The molecule has 6 nitrogen and oxygen atoms in total. The highest BCUT2D eigenvalue weighted by Gasteiger charge is 2.23. The van der Waals surface area contributed by atoms with E-state index in [0.29, 0.717) is 0 Å². The standard InChI is InChI=1S/C12H13BrN6/c1-14-10(11-12(13)16-17-18(11)2)8-7-15-19-6-4-3-5-9(8)19/h3-7,10,14H,1-2H3. The highest BCUT2D eigenvalue weighted by Crippen LogP contribution is 2.28. The van der Waals surface area contributed by atoms with Gasteiger partial charge in [-0.1, -0.05) is 11.3 Å². The summed E-state index contributed by atoms with van der Waals surface area (Å²) in [5.74, 6) is 0. The Morgan fingerprint density at radius 3 is 2.89 bits per heavy atom. The average Bonchev–Trinajstić information content (AvgIpc) is 2.98. The second kappa shape index (κ2) is 4.75. The monoisotopic (exact) mass is 320 g/mol. The zero-order valence-corrected chi connectivity index (χ0v) is 12.2. The highest BCUT2D eigenvalue weighted by atomic mass is 79.9. The third kappa shape index (κ3) is 1.95. The quantitative estimate of drug-likeness (QED) is 0.795. The first-order valence-electron chi connectivity index (χ1n) is 5.87. The SMILES string of the molecule is CNC(c1cnn2ccccc12)c1c(Br)nnn1C. The van der Waals surface area contributed by atoms with E-state index in [1.165, 1.54) is 0 Å². The van der Waals surface area contributed by atoms with Gasteiger partial charge in [0.15, 0.2) is 4.60 Å². The molecule has 0 radical (unpaired) electrons. The number of nitrogens with zero attached hydrogens (tertiary/aromatic N) is 5. The molecule has 7 heteroatoms. The normalized spacial score (nSPS) is 13.0. The fourth-order valence-corrected chi connectivity index (χ4v) is 2.82. The summed E-state index contributed by atoms with van der Waals surface area (Å²) in [5, 5.41) is 15.7. The van der Waals surface area contributed by atoms with Crippen LogP contribution in [0.5, 0.6) is 0 Å². The second-order valence-corrected chi connectivity index (χ2v) is 4.99. The summed E-state index contributed by atoms with van der Waals surface area (Å²) in [6, 6.07) is 5.99. The Morgan fingerprint density at radius 1 is 1.37 bits per heavy atom. The summed E-state index contributed by atoms with van der Waals surface area (Å²) < 4.78 is 4.36. The van der Waals surface area contributed by atoms with Gasteiger partial charge in [-0.25, -0.2) is 9.20 Å². The van der Waals surface area contributed by atoms with Gasteiger partial charge < -0.3 is 5.32 Å². The van der Waals surface area contributed by atoms with Gasteiger partial charge in [0.05, 0.1) is 23.4 Å².